The topological polar surface area (TPSA) is 66.9 Å². The van der Waals surface area contributed by atoms with E-state index in [-0.39, 0.29) is 17.4 Å². The van der Waals surface area contributed by atoms with Gasteiger partial charge in [-0.15, -0.1) is 0 Å². The number of nitrogens with one attached hydrogen (secondary N) is 2. The van der Waals surface area contributed by atoms with Gasteiger partial charge in [0, 0.05) is 18.3 Å². The van der Waals surface area contributed by atoms with Gasteiger partial charge in [0.15, 0.2) is 0 Å². The molecule has 3 aromatic rings. The van der Waals surface area contributed by atoms with Gasteiger partial charge in [-0.25, -0.2) is 14.4 Å². The zero-order valence-electron chi connectivity index (χ0n) is 15.3. The molecule has 1 aromatic heterocycles. The van der Waals surface area contributed by atoms with Crippen molar-refractivity contribution in [2.45, 2.75) is 26.8 Å². The first-order chi connectivity index (χ1) is 13.0. The highest BCUT2D eigenvalue weighted by Gasteiger charge is 2.11. The molecule has 0 aliphatic rings. The number of aromatic nitrogens is 2. The van der Waals surface area contributed by atoms with Crippen LogP contribution in [0, 0.1) is 12.7 Å². The lowest BCUT2D eigenvalue weighted by molar-refractivity contribution is 0.102. The minimum absolute atomic E-state index is 0.275. The van der Waals surface area contributed by atoms with Crippen LogP contribution in [0.3, 0.4) is 0 Å². The molecular weight excluding hydrogens is 343 g/mol. The Morgan fingerprint density at radius 1 is 1.00 bits per heavy atom. The lowest BCUT2D eigenvalue weighted by Crippen LogP contribution is -2.16. The minimum atomic E-state index is -0.297. The predicted octanol–water partition coefficient (Wildman–Crippen LogP) is 4.35. The zero-order valence-corrected chi connectivity index (χ0v) is 15.3. The second kappa shape index (κ2) is 8.40. The van der Waals surface area contributed by atoms with Crippen LogP contribution in [0.15, 0.2) is 54.6 Å². The normalized spacial score (nSPS) is 10.5. The van der Waals surface area contributed by atoms with Gasteiger partial charge >= 0.3 is 0 Å². The number of amides is 1. The summed E-state index contributed by atoms with van der Waals surface area (Å²) in [5.74, 6) is 0.459. The van der Waals surface area contributed by atoms with Gasteiger partial charge < -0.3 is 10.6 Å². The minimum Gasteiger partial charge on any atom is -0.366 e. The van der Waals surface area contributed by atoms with Gasteiger partial charge in [0.2, 0.25) is 0 Å². The van der Waals surface area contributed by atoms with Gasteiger partial charge in [-0.2, -0.15) is 0 Å². The number of nitrogens with zero attached hydrogens (tertiary/aromatic N) is 2. The van der Waals surface area contributed by atoms with E-state index in [4.69, 9.17) is 0 Å². The molecule has 2 aromatic carbocycles. The maximum Gasteiger partial charge on any atom is 0.274 e. The van der Waals surface area contributed by atoms with E-state index in [0.29, 0.717) is 23.9 Å². The fourth-order valence-corrected chi connectivity index (χ4v) is 2.59. The monoisotopic (exact) mass is 364 g/mol. The lowest BCUT2D eigenvalue weighted by atomic mass is 10.1. The molecule has 5 nitrogen and oxygen atoms in total. The van der Waals surface area contributed by atoms with Crippen LogP contribution in [0.4, 0.5) is 15.9 Å². The van der Waals surface area contributed by atoms with E-state index in [0.717, 1.165) is 12.0 Å². The molecule has 0 spiro atoms. The molecule has 0 saturated carbocycles. The maximum atomic E-state index is 13.0. The Bertz CT molecular complexity index is 924. The largest absolute Gasteiger partial charge is 0.366 e. The SMILES string of the molecule is CCc1ccc(NC(=O)c2cc(NCc3ccc(F)cc3)nc(C)n2)cc1. The molecule has 1 heterocycles. The third-order valence-electron chi connectivity index (χ3n) is 4.08. The lowest BCUT2D eigenvalue weighted by Gasteiger charge is -2.10. The number of anilines is 2. The van der Waals surface area contributed by atoms with Crippen molar-refractivity contribution in [2.75, 3.05) is 10.6 Å². The van der Waals surface area contributed by atoms with Crippen molar-refractivity contribution in [3.05, 3.63) is 83.1 Å². The average molecular weight is 364 g/mol. The van der Waals surface area contributed by atoms with E-state index in [1.165, 1.54) is 17.7 Å². The van der Waals surface area contributed by atoms with Crippen molar-refractivity contribution in [3.63, 3.8) is 0 Å². The second-order valence-corrected chi connectivity index (χ2v) is 6.17. The number of benzene rings is 2. The molecule has 1 amide bonds. The van der Waals surface area contributed by atoms with Crippen molar-refractivity contribution >= 4 is 17.4 Å². The average Bonchev–Trinajstić information content (AvgIpc) is 2.68. The fourth-order valence-electron chi connectivity index (χ4n) is 2.59. The van der Waals surface area contributed by atoms with Gasteiger partial charge in [0.25, 0.3) is 5.91 Å². The highest BCUT2D eigenvalue weighted by molar-refractivity contribution is 6.03. The van der Waals surface area contributed by atoms with E-state index in [1.807, 2.05) is 24.3 Å². The van der Waals surface area contributed by atoms with Crippen molar-refractivity contribution in [3.8, 4) is 0 Å². The summed E-state index contributed by atoms with van der Waals surface area (Å²) in [4.78, 5) is 21.0. The van der Waals surface area contributed by atoms with Crippen LogP contribution in [0.2, 0.25) is 0 Å². The van der Waals surface area contributed by atoms with E-state index in [2.05, 4.69) is 27.5 Å². The van der Waals surface area contributed by atoms with E-state index < -0.39 is 0 Å². The Kier molecular flexibility index (Phi) is 5.76. The molecule has 0 atom stereocenters. The Hall–Kier alpha value is -3.28. The molecule has 0 unspecified atom stereocenters. The molecule has 3 rings (SSSR count). The molecule has 0 fully saturated rings. The van der Waals surface area contributed by atoms with Crippen LogP contribution in [-0.4, -0.2) is 15.9 Å². The molecule has 0 aliphatic carbocycles. The summed E-state index contributed by atoms with van der Waals surface area (Å²) in [6.45, 7) is 4.28. The van der Waals surface area contributed by atoms with Crippen LogP contribution in [0.25, 0.3) is 0 Å². The summed E-state index contributed by atoms with van der Waals surface area (Å²) in [6, 6.07) is 15.5. The first kappa shape index (κ1) is 18.5. The van der Waals surface area contributed by atoms with Crippen LogP contribution in [0.1, 0.15) is 34.4 Å². The molecule has 2 N–H and O–H groups in total. The summed E-state index contributed by atoms with van der Waals surface area (Å²) in [5, 5.41) is 5.99. The van der Waals surface area contributed by atoms with Crippen molar-refractivity contribution < 1.29 is 9.18 Å². The second-order valence-electron chi connectivity index (χ2n) is 6.17. The standard InChI is InChI=1S/C21H21FN4O/c1-3-15-6-10-18(11-7-15)26-21(27)19-12-20(25-14(2)24-19)23-13-16-4-8-17(22)9-5-16/h4-12H,3,13H2,1-2H3,(H,26,27)(H,23,24,25). The Balaban J connectivity index is 1.69. The van der Waals surface area contributed by atoms with Crippen LogP contribution in [0.5, 0.6) is 0 Å². The highest BCUT2D eigenvalue weighted by atomic mass is 19.1. The number of halogens is 1. The van der Waals surface area contributed by atoms with Gasteiger partial charge in [0.05, 0.1) is 0 Å². The third-order valence-corrected chi connectivity index (χ3v) is 4.08. The first-order valence-electron chi connectivity index (χ1n) is 8.78. The van der Waals surface area contributed by atoms with Gasteiger partial charge in [0.1, 0.15) is 23.2 Å². The van der Waals surface area contributed by atoms with Gasteiger partial charge in [-0.1, -0.05) is 31.2 Å². The number of carbonyl (C=O) groups excluding carboxylic acids is 1. The Labute approximate surface area is 157 Å². The zero-order chi connectivity index (χ0) is 19.2. The molecule has 0 saturated heterocycles. The highest BCUT2D eigenvalue weighted by Crippen LogP contribution is 2.14. The Morgan fingerprint density at radius 3 is 2.33 bits per heavy atom. The number of hydrogen-bond donors (Lipinski definition) is 2. The van der Waals surface area contributed by atoms with Gasteiger partial charge in [-0.05, 0) is 48.7 Å². The predicted molar refractivity (Wildman–Crippen MR) is 104 cm³/mol. The van der Waals surface area contributed by atoms with Crippen molar-refractivity contribution in [1.82, 2.24) is 9.97 Å². The fraction of sp³-hybridized carbons (Fsp3) is 0.190. The Morgan fingerprint density at radius 2 is 1.67 bits per heavy atom. The van der Waals surface area contributed by atoms with Crippen molar-refractivity contribution in [2.24, 2.45) is 0 Å². The number of rotatable bonds is 6. The van der Waals surface area contributed by atoms with E-state index in [9.17, 15) is 9.18 Å². The number of carbonyl (C=O) groups is 1. The molecule has 0 bridgehead atoms. The van der Waals surface area contributed by atoms with Crippen LogP contribution in [-0.2, 0) is 13.0 Å². The van der Waals surface area contributed by atoms with Crippen molar-refractivity contribution in [1.29, 1.82) is 0 Å². The quantitative estimate of drug-likeness (QED) is 0.682. The number of aryl methyl sites for hydroxylation is 2. The third kappa shape index (κ3) is 5.10. The molecule has 0 aliphatic heterocycles. The molecule has 138 valence electrons. The molecular formula is C21H21FN4O. The molecule has 27 heavy (non-hydrogen) atoms. The molecule has 0 radical (unpaired) electrons. The smallest absolute Gasteiger partial charge is 0.274 e. The summed E-state index contributed by atoms with van der Waals surface area (Å²) in [5.41, 5.74) is 3.12. The van der Waals surface area contributed by atoms with Crippen LogP contribution < -0.4 is 10.6 Å². The summed E-state index contributed by atoms with van der Waals surface area (Å²) >= 11 is 0. The first-order valence-corrected chi connectivity index (χ1v) is 8.78. The van der Waals surface area contributed by atoms with Gasteiger partial charge in [-0.3, -0.25) is 4.79 Å². The maximum absolute atomic E-state index is 13.0. The summed E-state index contributed by atoms with van der Waals surface area (Å²) < 4.78 is 13.0. The molecule has 6 heteroatoms. The number of hydrogen-bond acceptors (Lipinski definition) is 4. The van der Waals surface area contributed by atoms with Crippen LogP contribution >= 0.6 is 0 Å². The summed E-state index contributed by atoms with van der Waals surface area (Å²) in [7, 11) is 0. The summed E-state index contributed by atoms with van der Waals surface area (Å²) in [6.07, 6.45) is 0.947. The van der Waals surface area contributed by atoms with E-state index >= 15 is 0 Å². The van der Waals surface area contributed by atoms with E-state index in [1.54, 1.807) is 25.1 Å².